The highest BCUT2D eigenvalue weighted by Crippen LogP contribution is 2.62. The molecule has 1 heterocycles. The minimum Gasteiger partial charge on any atom is -0.408 e. The number of nitrogens with one attached hydrogen (secondary N) is 1. The molecule has 2 aliphatic carbocycles. The lowest BCUT2D eigenvalue weighted by Gasteiger charge is -2.31. The van der Waals surface area contributed by atoms with Gasteiger partial charge in [0.05, 0.1) is 11.6 Å². The number of carbonyl (C=O) groups is 1. The van der Waals surface area contributed by atoms with Crippen LogP contribution in [0.5, 0.6) is 0 Å². The van der Waals surface area contributed by atoms with Crippen LogP contribution < -0.4 is 16.8 Å². The fourth-order valence-electron chi connectivity index (χ4n) is 5.19. The average Bonchev–Trinajstić information content (AvgIpc) is 3.44. The zero-order valence-electron chi connectivity index (χ0n) is 18.1. The second kappa shape index (κ2) is 7.35. The van der Waals surface area contributed by atoms with Crippen LogP contribution in [0, 0.1) is 16.7 Å². The Morgan fingerprint density at radius 1 is 1.19 bits per heavy atom. The molecular weight excluding hydrogens is 404 g/mol. The highest BCUT2D eigenvalue weighted by molar-refractivity contribution is 5.88. The van der Waals surface area contributed by atoms with E-state index in [-0.39, 0.29) is 17.1 Å². The number of nitrogens with two attached hydrogens (primary N) is 1. The molecule has 0 radical (unpaired) electrons. The van der Waals surface area contributed by atoms with E-state index in [0.29, 0.717) is 18.4 Å². The Bertz CT molecular complexity index is 1290. The number of amides is 1. The first-order valence-corrected chi connectivity index (χ1v) is 11.0. The molecule has 0 bridgehead atoms. The van der Waals surface area contributed by atoms with E-state index in [1.54, 1.807) is 13.1 Å². The topological polar surface area (TPSA) is 114 Å². The van der Waals surface area contributed by atoms with Gasteiger partial charge in [0.1, 0.15) is 11.6 Å². The zero-order valence-corrected chi connectivity index (χ0v) is 18.1. The summed E-state index contributed by atoms with van der Waals surface area (Å²) >= 11 is 0. The van der Waals surface area contributed by atoms with Crippen molar-refractivity contribution in [2.75, 3.05) is 0 Å². The fourth-order valence-corrected chi connectivity index (χ4v) is 5.19. The summed E-state index contributed by atoms with van der Waals surface area (Å²) in [6.07, 6.45) is 5.11. The van der Waals surface area contributed by atoms with Crippen LogP contribution in [-0.2, 0) is 18.3 Å². The van der Waals surface area contributed by atoms with Crippen molar-refractivity contribution >= 4 is 17.0 Å². The molecule has 0 aliphatic heterocycles. The molecule has 1 amide bonds. The molecule has 1 spiro atoms. The number of nitrogens with zero attached hydrogens (tertiary/aromatic N) is 2. The molecular formula is C25H26N4O3. The van der Waals surface area contributed by atoms with Crippen LogP contribution in [0.1, 0.15) is 37.7 Å². The predicted octanol–water partition coefficient (Wildman–Crippen LogP) is 3.01. The maximum Gasteiger partial charge on any atom is 0.419 e. The van der Waals surface area contributed by atoms with E-state index >= 15 is 0 Å². The van der Waals surface area contributed by atoms with Crippen molar-refractivity contribution in [3.05, 3.63) is 58.6 Å². The molecule has 2 fully saturated rings. The average molecular weight is 431 g/mol. The number of rotatable bonds is 5. The molecule has 1 aromatic heterocycles. The second-order valence-electron chi connectivity index (χ2n) is 9.27. The Labute approximate surface area is 185 Å². The van der Waals surface area contributed by atoms with Crippen LogP contribution in [-0.4, -0.2) is 22.1 Å². The molecule has 2 aliphatic rings. The number of nitriles is 1. The third-order valence-corrected chi connectivity index (χ3v) is 7.41. The molecule has 3 N–H and O–H groups in total. The molecule has 3 aromatic rings. The van der Waals surface area contributed by atoms with Gasteiger partial charge < -0.3 is 15.5 Å². The summed E-state index contributed by atoms with van der Waals surface area (Å²) in [5.41, 5.74) is 9.85. The lowest BCUT2D eigenvalue weighted by Crippen LogP contribution is -2.59. The number of fused-ring (bicyclic) bond motifs is 1. The molecule has 164 valence electrons. The minimum atomic E-state index is -0.836. The monoisotopic (exact) mass is 430 g/mol. The van der Waals surface area contributed by atoms with Crippen molar-refractivity contribution in [2.45, 2.75) is 50.1 Å². The van der Waals surface area contributed by atoms with Crippen molar-refractivity contribution in [1.82, 2.24) is 9.88 Å². The van der Waals surface area contributed by atoms with E-state index in [4.69, 9.17) is 10.2 Å². The Morgan fingerprint density at radius 3 is 2.59 bits per heavy atom. The van der Waals surface area contributed by atoms with Gasteiger partial charge in [0.15, 0.2) is 5.58 Å². The van der Waals surface area contributed by atoms with E-state index in [2.05, 4.69) is 11.4 Å². The van der Waals surface area contributed by atoms with Gasteiger partial charge in [-0.3, -0.25) is 9.36 Å². The van der Waals surface area contributed by atoms with Gasteiger partial charge >= 0.3 is 5.76 Å². The lowest BCUT2D eigenvalue weighted by atomic mass is 9.83. The summed E-state index contributed by atoms with van der Waals surface area (Å²) < 4.78 is 6.67. The van der Waals surface area contributed by atoms with Crippen molar-refractivity contribution in [1.29, 1.82) is 5.26 Å². The Morgan fingerprint density at radius 2 is 1.91 bits per heavy atom. The van der Waals surface area contributed by atoms with Gasteiger partial charge in [-0.1, -0.05) is 36.8 Å². The van der Waals surface area contributed by atoms with Crippen LogP contribution in [0.25, 0.3) is 22.2 Å². The van der Waals surface area contributed by atoms with E-state index < -0.39 is 11.6 Å². The zero-order chi connectivity index (χ0) is 22.5. The smallest absolute Gasteiger partial charge is 0.408 e. The Kier molecular flexibility index (Phi) is 4.72. The summed E-state index contributed by atoms with van der Waals surface area (Å²) in [7, 11) is 1.68. The number of carbonyl (C=O) groups excluding carboxylic acids is 1. The van der Waals surface area contributed by atoms with Gasteiger partial charge in [-0.2, -0.15) is 5.26 Å². The van der Waals surface area contributed by atoms with Gasteiger partial charge in [-0.05, 0) is 59.9 Å². The van der Waals surface area contributed by atoms with Crippen LogP contribution in [0.3, 0.4) is 0 Å². The van der Waals surface area contributed by atoms with E-state index in [1.807, 2.05) is 36.4 Å². The first-order valence-electron chi connectivity index (χ1n) is 11.0. The molecule has 2 aromatic carbocycles. The highest BCUT2D eigenvalue weighted by atomic mass is 16.4. The van der Waals surface area contributed by atoms with Crippen molar-refractivity contribution in [3.8, 4) is 17.2 Å². The number of benzene rings is 2. The molecule has 0 saturated heterocycles. The van der Waals surface area contributed by atoms with Crippen molar-refractivity contribution < 1.29 is 9.21 Å². The molecule has 7 heteroatoms. The van der Waals surface area contributed by atoms with Crippen LogP contribution >= 0.6 is 0 Å². The molecule has 32 heavy (non-hydrogen) atoms. The van der Waals surface area contributed by atoms with Gasteiger partial charge in [0, 0.05) is 13.5 Å². The van der Waals surface area contributed by atoms with Gasteiger partial charge in [0.25, 0.3) is 0 Å². The van der Waals surface area contributed by atoms with E-state index in [0.717, 1.165) is 47.9 Å². The lowest BCUT2D eigenvalue weighted by molar-refractivity contribution is -0.128. The maximum absolute atomic E-state index is 12.9. The number of hydrogen-bond donors (Lipinski definition) is 2. The number of hydrogen-bond acceptors (Lipinski definition) is 5. The van der Waals surface area contributed by atoms with E-state index in [9.17, 15) is 14.9 Å². The normalized spacial score (nSPS) is 22.0. The van der Waals surface area contributed by atoms with E-state index in [1.165, 1.54) is 4.57 Å². The third-order valence-electron chi connectivity index (χ3n) is 7.41. The van der Waals surface area contributed by atoms with Crippen LogP contribution in [0.15, 0.2) is 51.7 Å². The maximum atomic E-state index is 12.9. The van der Waals surface area contributed by atoms with Gasteiger partial charge in [-0.15, -0.1) is 0 Å². The van der Waals surface area contributed by atoms with Crippen molar-refractivity contribution in [2.24, 2.45) is 18.2 Å². The highest BCUT2D eigenvalue weighted by Gasteiger charge is 2.63. The molecule has 5 rings (SSSR count). The first-order chi connectivity index (χ1) is 15.3. The van der Waals surface area contributed by atoms with Gasteiger partial charge in [-0.25, -0.2) is 4.79 Å². The predicted molar refractivity (Wildman–Crippen MR) is 121 cm³/mol. The van der Waals surface area contributed by atoms with Gasteiger partial charge in [0.2, 0.25) is 5.91 Å². The molecule has 2 saturated carbocycles. The summed E-state index contributed by atoms with van der Waals surface area (Å²) in [6, 6.07) is 15.1. The number of aryl methyl sites for hydroxylation is 1. The van der Waals surface area contributed by atoms with Crippen molar-refractivity contribution in [3.63, 3.8) is 0 Å². The molecule has 7 nitrogen and oxygen atoms in total. The Hall–Kier alpha value is -3.37. The third kappa shape index (κ3) is 3.23. The summed E-state index contributed by atoms with van der Waals surface area (Å²) in [6.45, 7) is 0. The quantitative estimate of drug-likeness (QED) is 0.646. The minimum absolute atomic E-state index is 0.0433. The van der Waals surface area contributed by atoms with Crippen LogP contribution in [0.4, 0.5) is 0 Å². The van der Waals surface area contributed by atoms with Crippen LogP contribution in [0.2, 0.25) is 0 Å². The molecule has 1 unspecified atom stereocenters. The number of oxazole rings is 1. The number of aromatic nitrogens is 1. The first kappa shape index (κ1) is 20.5. The summed E-state index contributed by atoms with van der Waals surface area (Å²) in [5.74, 6) is -0.573. The Balaban J connectivity index is 1.30. The SMILES string of the molecule is Cn1c(=O)oc2ccc(-c3ccc(C[C@@H](C#N)NC(=O)C4(N)CCCC45CC5)cc3)cc21. The summed E-state index contributed by atoms with van der Waals surface area (Å²) in [5, 5.41) is 12.5. The largest absolute Gasteiger partial charge is 0.419 e. The summed E-state index contributed by atoms with van der Waals surface area (Å²) in [4.78, 5) is 24.7. The molecule has 2 atom stereocenters. The fraction of sp³-hybridized carbons (Fsp3) is 0.400. The standard InChI is InChI=1S/C25H26N4O3/c1-29-20-14-18(7-8-21(20)32-23(29)31)17-5-3-16(4-6-17)13-19(15-26)28-22(30)25(27)10-2-9-24(25)11-12-24/h3-8,14,19H,2,9-13,27H2,1H3,(H,28,30)/t19-,25?/m0/s1. The second-order valence-corrected chi connectivity index (χ2v) is 9.27.